The van der Waals surface area contributed by atoms with Crippen LogP contribution in [0.1, 0.15) is 78.2 Å². The molecule has 1 aromatic rings. The van der Waals surface area contributed by atoms with Crippen molar-refractivity contribution in [3.05, 3.63) is 57.9 Å². The van der Waals surface area contributed by atoms with Gasteiger partial charge in [-0.1, -0.05) is 52.0 Å². The van der Waals surface area contributed by atoms with E-state index < -0.39 is 11.9 Å². The highest BCUT2D eigenvalue weighted by Gasteiger charge is 2.49. The van der Waals surface area contributed by atoms with E-state index in [0.29, 0.717) is 65.5 Å². The van der Waals surface area contributed by atoms with Crippen LogP contribution in [0.15, 0.2) is 47.3 Å². The van der Waals surface area contributed by atoms with Gasteiger partial charge in [-0.15, -0.1) is 0 Å². The number of carbonyl (C=O) groups is 3. The van der Waals surface area contributed by atoms with Crippen LogP contribution in [0.25, 0.3) is 0 Å². The number of Topliss-reactive ketones (excluding diaryl/α,β-unsaturated/α-hetero) is 2. The highest BCUT2D eigenvalue weighted by Crippen LogP contribution is 2.55. The summed E-state index contributed by atoms with van der Waals surface area (Å²) in [6, 6.07) is 3.58. The third kappa shape index (κ3) is 5.79. The van der Waals surface area contributed by atoms with Crippen molar-refractivity contribution in [2.24, 2.45) is 10.8 Å². The van der Waals surface area contributed by atoms with Crippen molar-refractivity contribution in [3.8, 4) is 11.5 Å². The van der Waals surface area contributed by atoms with Crippen LogP contribution in [0.4, 0.5) is 0 Å². The molecule has 1 heterocycles. The van der Waals surface area contributed by atoms with Crippen LogP contribution in [-0.2, 0) is 14.4 Å². The average molecular weight is 556 g/mol. The van der Waals surface area contributed by atoms with E-state index in [9.17, 15) is 19.5 Å². The number of carbonyl (C=O) groups excluding carboxylic acids is 2. The molecule has 0 aromatic heterocycles. The molecule has 0 radical (unpaired) electrons. The summed E-state index contributed by atoms with van der Waals surface area (Å²) in [6.07, 6.45) is 3.39. The summed E-state index contributed by atoms with van der Waals surface area (Å²) < 4.78 is 11.7. The van der Waals surface area contributed by atoms with E-state index in [2.05, 4.69) is 34.3 Å². The molecule has 210 valence electrons. The van der Waals surface area contributed by atoms with Crippen molar-refractivity contribution >= 4 is 29.1 Å². The number of carboxylic acids is 1. The number of allylic oxidation sites excluding steroid dienone is 4. The molecule has 1 aliphatic heterocycles. The van der Waals surface area contributed by atoms with Gasteiger partial charge in [-0.05, 0) is 48.3 Å². The topological polar surface area (TPSA) is 93.1 Å². The van der Waals surface area contributed by atoms with Gasteiger partial charge in [0.1, 0.15) is 6.61 Å². The van der Waals surface area contributed by atoms with Crippen molar-refractivity contribution in [3.63, 3.8) is 0 Å². The zero-order valence-electron chi connectivity index (χ0n) is 23.5. The van der Waals surface area contributed by atoms with Crippen LogP contribution < -0.4 is 9.47 Å². The van der Waals surface area contributed by atoms with Crippen LogP contribution in [0.3, 0.4) is 0 Å². The quantitative estimate of drug-likeness (QED) is 0.349. The number of hydrogen-bond acceptors (Lipinski definition) is 6. The van der Waals surface area contributed by atoms with Crippen LogP contribution in [0.2, 0.25) is 5.02 Å². The maximum absolute atomic E-state index is 13.9. The second kappa shape index (κ2) is 10.8. The molecule has 0 atom stereocenters. The second-order valence-corrected chi connectivity index (χ2v) is 12.6. The minimum absolute atomic E-state index is 0.0307. The lowest BCUT2D eigenvalue weighted by Gasteiger charge is -2.49. The Morgan fingerprint density at radius 2 is 1.62 bits per heavy atom. The molecular weight excluding hydrogens is 518 g/mol. The first-order valence-corrected chi connectivity index (χ1v) is 13.9. The van der Waals surface area contributed by atoms with Crippen LogP contribution >= 0.6 is 11.6 Å². The Morgan fingerprint density at radius 3 is 2.10 bits per heavy atom. The summed E-state index contributed by atoms with van der Waals surface area (Å²) in [6.45, 7) is 14.6. The second-order valence-electron chi connectivity index (χ2n) is 12.2. The first-order valence-electron chi connectivity index (χ1n) is 13.5. The van der Waals surface area contributed by atoms with Crippen molar-refractivity contribution < 1.29 is 29.0 Å². The molecule has 0 amide bonds. The fraction of sp³-hybridized carbons (Fsp3) is 0.516. The predicted octanol–water partition coefficient (Wildman–Crippen LogP) is 6.46. The predicted molar refractivity (Wildman–Crippen MR) is 150 cm³/mol. The lowest BCUT2D eigenvalue weighted by Crippen LogP contribution is -2.45. The fourth-order valence-electron chi connectivity index (χ4n) is 6.16. The zero-order valence-corrected chi connectivity index (χ0v) is 24.2. The molecule has 1 N–H and O–H groups in total. The van der Waals surface area contributed by atoms with Crippen molar-refractivity contribution in [1.29, 1.82) is 0 Å². The average Bonchev–Trinajstić information content (AvgIpc) is 2.80. The van der Waals surface area contributed by atoms with Gasteiger partial charge in [0, 0.05) is 47.8 Å². The Balaban J connectivity index is 1.99. The van der Waals surface area contributed by atoms with Crippen molar-refractivity contribution in [1.82, 2.24) is 4.90 Å². The Kier molecular flexibility index (Phi) is 8.04. The lowest BCUT2D eigenvalue weighted by molar-refractivity contribution is -0.137. The number of hydrogen-bond donors (Lipinski definition) is 1. The lowest BCUT2D eigenvalue weighted by atomic mass is 9.63. The molecule has 0 saturated carbocycles. The molecular formula is C31H38ClNO6. The number of aliphatic carboxylic acids is 1. The molecule has 1 aromatic carbocycles. The van der Waals surface area contributed by atoms with Crippen LogP contribution in [0, 0.1) is 10.8 Å². The minimum atomic E-state index is -0.924. The molecule has 2 aliphatic carbocycles. The first kappa shape index (κ1) is 28.9. The summed E-state index contributed by atoms with van der Waals surface area (Å²) in [7, 11) is 0. The van der Waals surface area contributed by atoms with E-state index in [1.54, 1.807) is 12.1 Å². The largest absolute Gasteiger partial charge is 0.490 e. The molecule has 0 saturated heterocycles. The third-order valence-electron chi connectivity index (χ3n) is 7.58. The fourth-order valence-corrected chi connectivity index (χ4v) is 6.43. The molecule has 8 heteroatoms. The molecule has 0 spiro atoms. The smallest absolute Gasteiger partial charge is 0.305 e. The Labute approximate surface area is 235 Å². The van der Waals surface area contributed by atoms with Gasteiger partial charge >= 0.3 is 5.97 Å². The third-order valence-corrected chi connectivity index (χ3v) is 7.86. The van der Waals surface area contributed by atoms with Crippen LogP contribution in [-0.4, -0.2) is 47.3 Å². The van der Waals surface area contributed by atoms with Crippen molar-refractivity contribution in [2.45, 2.75) is 72.6 Å². The number of ketones is 2. The maximum Gasteiger partial charge on any atom is 0.305 e. The number of rotatable bonds is 9. The molecule has 0 fully saturated rings. The summed E-state index contributed by atoms with van der Waals surface area (Å²) in [5.74, 6) is -0.780. The normalized spacial score (nSPS) is 20.5. The number of ether oxygens (including phenoxy) is 2. The summed E-state index contributed by atoms with van der Waals surface area (Å²) in [5, 5.41) is 9.86. The van der Waals surface area contributed by atoms with Gasteiger partial charge in [0.25, 0.3) is 0 Å². The summed E-state index contributed by atoms with van der Waals surface area (Å²) in [4.78, 5) is 41.4. The Morgan fingerprint density at radius 1 is 1.05 bits per heavy atom. The Bertz CT molecular complexity index is 1230. The van der Waals surface area contributed by atoms with Gasteiger partial charge < -0.3 is 19.5 Å². The van der Waals surface area contributed by atoms with E-state index >= 15 is 0 Å². The van der Waals surface area contributed by atoms with Gasteiger partial charge in [0.2, 0.25) is 0 Å². The van der Waals surface area contributed by atoms with Gasteiger partial charge in [-0.25, -0.2) is 0 Å². The zero-order chi connectivity index (χ0) is 28.7. The number of carboxylic acid groups (broad SMARTS) is 1. The first-order chi connectivity index (χ1) is 18.3. The van der Waals surface area contributed by atoms with E-state index in [4.69, 9.17) is 21.1 Å². The van der Waals surface area contributed by atoms with Gasteiger partial charge in [-0.3, -0.25) is 14.4 Å². The molecule has 39 heavy (non-hydrogen) atoms. The SMILES string of the molecule is C=CCOc1c(Cl)cc(C2C3=C(CC(C)(C)CC3=O)N(CCC(=O)O)C3=C2C(=O)CC(C)(C)C3)cc1OCC. The molecule has 3 aliphatic rings. The molecule has 7 nitrogen and oxygen atoms in total. The summed E-state index contributed by atoms with van der Waals surface area (Å²) in [5.41, 5.74) is 2.83. The van der Waals surface area contributed by atoms with E-state index in [1.807, 2.05) is 17.9 Å². The highest BCUT2D eigenvalue weighted by molar-refractivity contribution is 6.32. The molecule has 4 rings (SSSR count). The summed E-state index contributed by atoms with van der Waals surface area (Å²) >= 11 is 6.74. The van der Waals surface area contributed by atoms with E-state index in [-0.39, 0.29) is 42.0 Å². The molecule has 0 bridgehead atoms. The highest BCUT2D eigenvalue weighted by atomic mass is 35.5. The van der Waals surface area contributed by atoms with E-state index in [0.717, 1.165) is 11.4 Å². The number of benzene rings is 1. The Hall–Kier alpha value is -3.06. The van der Waals surface area contributed by atoms with Crippen molar-refractivity contribution in [2.75, 3.05) is 19.8 Å². The van der Waals surface area contributed by atoms with Gasteiger partial charge in [0.05, 0.1) is 18.1 Å². The molecule has 0 unspecified atom stereocenters. The maximum atomic E-state index is 13.9. The van der Waals surface area contributed by atoms with E-state index in [1.165, 1.54) is 0 Å². The number of nitrogens with zero attached hydrogens (tertiary/aromatic N) is 1. The monoisotopic (exact) mass is 555 g/mol. The standard InChI is InChI=1S/C31H38ClNO6/c1-7-11-39-29-19(32)12-18(13-24(29)38-8-2)26-27-20(14-30(3,4)16-22(27)34)33(10-9-25(36)37)21-15-31(5,6)17-23(35)28(21)26/h7,12-13,26H,1,8-11,14-17H2,2-6H3,(H,36,37). The van der Waals surface area contributed by atoms with Crippen LogP contribution in [0.5, 0.6) is 11.5 Å². The van der Waals surface area contributed by atoms with Gasteiger partial charge in [-0.2, -0.15) is 0 Å². The minimum Gasteiger partial charge on any atom is -0.490 e. The number of halogens is 1. The van der Waals surface area contributed by atoms with Gasteiger partial charge in [0.15, 0.2) is 23.1 Å².